The zero-order chi connectivity index (χ0) is 15.0. The molecule has 1 N–H and O–H groups in total. The Morgan fingerprint density at radius 3 is 2.67 bits per heavy atom. The van der Waals surface area contributed by atoms with Gasteiger partial charge in [-0.25, -0.2) is 0 Å². The fourth-order valence-electron chi connectivity index (χ4n) is 4.10. The second-order valence-corrected chi connectivity index (χ2v) is 6.28. The number of nitrogens with zero attached hydrogens (tertiary/aromatic N) is 1. The van der Waals surface area contributed by atoms with Crippen LogP contribution in [0.25, 0.3) is 0 Å². The Labute approximate surface area is 126 Å². The van der Waals surface area contributed by atoms with Crippen LogP contribution in [0.1, 0.15) is 31.2 Å². The van der Waals surface area contributed by atoms with Gasteiger partial charge in [-0.3, -0.25) is 0 Å². The molecular formula is C17H24N2O2. The van der Waals surface area contributed by atoms with Gasteiger partial charge in [0.25, 0.3) is 0 Å². The van der Waals surface area contributed by atoms with Crippen molar-refractivity contribution in [2.45, 2.75) is 37.1 Å². The molecule has 0 aromatic heterocycles. The summed E-state index contributed by atoms with van der Waals surface area (Å²) in [5.41, 5.74) is 2.39. The van der Waals surface area contributed by atoms with Crippen LogP contribution in [-0.4, -0.2) is 44.5 Å². The van der Waals surface area contributed by atoms with Crippen LogP contribution in [-0.2, 0) is 5.41 Å². The number of ether oxygens (including phenoxy) is 2. The SMILES string of the molecule is COc1ccc(C23CCC(=N)CC2N(C)CC3)cc1OC. The highest BCUT2D eigenvalue weighted by molar-refractivity contribution is 5.83. The predicted octanol–water partition coefficient (Wildman–Crippen LogP) is 2.85. The summed E-state index contributed by atoms with van der Waals surface area (Å²) in [6, 6.07) is 6.78. The zero-order valence-corrected chi connectivity index (χ0v) is 13.1. The number of hydrogen-bond acceptors (Lipinski definition) is 4. The molecule has 1 aliphatic carbocycles. The first kappa shape index (κ1) is 14.4. The Morgan fingerprint density at radius 1 is 1.19 bits per heavy atom. The van der Waals surface area contributed by atoms with E-state index >= 15 is 0 Å². The molecule has 1 saturated heterocycles. The quantitative estimate of drug-likeness (QED) is 0.930. The van der Waals surface area contributed by atoms with Gasteiger partial charge in [-0.15, -0.1) is 0 Å². The van der Waals surface area contributed by atoms with Gasteiger partial charge in [-0.1, -0.05) is 6.07 Å². The highest BCUT2D eigenvalue weighted by Gasteiger charge is 2.49. The van der Waals surface area contributed by atoms with Crippen molar-refractivity contribution in [2.24, 2.45) is 0 Å². The molecule has 4 heteroatoms. The Balaban J connectivity index is 2.03. The normalized spacial score (nSPS) is 29.3. The minimum atomic E-state index is 0.166. The van der Waals surface area contributed by atoms with E-state index in [0.717, 1.165) is 49.4 Å². The highest BCUT2D eigenvalue weighted by atomic mass is 16.5. The van der Waals surface area contributed by atoms with E-state index in [4.69, 9.17) is 14.9 Å². The molecule has 1 saturated carbocycles. The molecule has 114 valence electrons. The lowest BCUT2D eigenvalue weighted by atomic mass is 9.65. The van der Waals surface area contributed by atoms with Crippen LogP contribution in [0.15, 0.2) is 18.2 Å². The topological polar surface area (TPSA) is 45.5 Å². The first-order chi connectivity index (χ1) is 10.1. The molecule has 2 aliphatic rings. The van der Waals surface area contributed by atoms with E-state index in [1.807, 2.05) is 6.07 Å². The third-order valence-electron chi connectivity index (χ3n) is 5.35. The average Bonchev–Trinajstić information content (AvgIpc) is 2.85. The number of nitrogens with one attached hydrogen (secondary N) is 1. The molecule has 2 atom stereocenters. The van der Waals surface area contributed by atoms with E-state index < -0.39 is 0 Å². The predicted molar refractivity (Wildman–Crippen MR) is 83.8 cm³/mol. The third-order valence-corrected chi connectivity index (χ3v) is 5.35. The number of likely N-dealkylation sites (tertiary alicyclic amines) is 1. The number of fused-ring (bicyclic) bond motifs is 1. The molecule has 1 aliphatic heterocycles. The van der Waals surface area contributed by atoms with Crippen LogP contribution >= 0.6 is 0 Å². The van der Waals surface area contributed by atoms with Crippen molar-refractivity contribution in [1.29, 1.82) is 5.41 Å². The fourth-order valence-corrected chi connectivity index (χ4v) is 4.10. The van der Waals surface area contributed by atoms with Crippen molar-refractivity contribution >= 4 is 5.71 Å². The second-order valence-electron chi connectivity index (χ2n) is 6.28. The van der Waals surface area contributed by atoms with Crippen LogP contribution < -0.4 is 9.47 Å². The van der Waals surface area contributed by atoms with Gasteiger partial charge < -0.3 is 19.8 Å². The monoisotopic (exact) mass is 288 g/mol. The van der Waals surface area contributed by atoms with E-state index in [2.05, 4.69) is 24.1 Å². The Kier molecular flexibility index (Phi) is 3.66. The second kappa shape index (κ2) is 5.34. The third kappa shape index (κ3) is 2.22. The van der Waals surface area contributed by atoms with Crippen LogP contribution in [0, 0.1) is 5.41 Å². The minimum Gasteiger partial charge on any atom is -0.493 e. The molecule has 0 bridgehead atoms. The largest absolute Gasteiger partial charge is 0.493 e. The number of benzene rings is 1. The summed E-state index contributed by atoms with van der Waals surface area (Å²) in [6.45, 7) is 1.10. The van der Waals surface area contributed by atoms with Crippen molar-refractivity contribution in [3.8, 4) is 11.5 Å². The lowest BCUT2D eigenvalue weighted by molar-refractivity contribution is 0.226. The maximum absolute atomic E-state index is 8.05. The lowest BCUT2D eigenvalue weighted by Gasteiger charge is -2.42. The summed E-state index contributed by atoms with van der Waals surface area (Å²) in [5, 5.41) is 8.05. The maximum atomic E-state index is 8.05. The minimum absolute atomic E-state index is 0.166. The van der Waals surface area contributed by atoms with Gasteiger partial charge in [0, 0.05) is 23.6 Å². The van der Waals surface area contributed by atoms with Crippen molar-refractivity contribution in [1.82, 2.24) is 4.90 Å². The van der Waals surface area contributed by atoms with E-state index in [-0.39, 0.29) is 5.41 Å². The van der Waals surface area contributed by atoms with Crippen molar-refractivity contribution < 1.29 is 9.47 Å². The Bertz CT molecular complexity index is 558. The summed E-state index contributed by atoms with van der Waals surface area (Å²) in [7, 11) is 5.55. The Morgan fingerprint density at radius 2 is 1.95 bits per heavy atom. The van der Waals surface area contributed by atoms with Crippen molar-refractivity contribution in [3.63, 3.8) is 0 Å². The molecule has 3 rings (SSSR count). The summed E-state index contributed by atoms with van der Waals surface area (Å²) < 4.78 is 10.8. The molecule has 0 spiro atoms. The molecule has 2 fully saturated rings. The summed E-state index contributed by atoms with van der Waals surface area (Å²) in [5.74, 6) is 1.59. The first-order valence-corrected chi connectivity index (χ1v) is 7.60. The van der Waals surface area contributed by atoms with Crippen LogP contribution in [0.2, 0.25) is 0 Å². The van der Waals surface area contributed by atoms with Gasteiger partial charge in [0.1, 0.15) is 0 Å². The molecule has 21 heavy (non-hydrogen) atoms. The highest BCUT2D eigenvalue weighted by Crippen LogP contribution is 2.49. The molecule has 2 unspecified atom stereocenters. The van der Waals surface area contributed by atoms with Gasteiger partial charge in [-0.2, -0.15) is 0 Å². The molecule has 1 heterocycles. The van der Waals surface area contributed by atoms with Crippen molar-refractivity contribution in [3.05, 3.63) is 23.8 Å². The fraction of sp³-hybridized carbons (Fsp3) is 0.588. The summed E-state index contributed by atoms with van der Waals surface area (Å²) in [6.07, 6.45) is 4.04. The van der Waals surface area contributed by atoms with E-state index in [9.17, 15) is 0 Å². The molecule has 1 aromatic carbocycles. The average molecular weight is 288 g/mol. The van der Waals surface area contributed by atoms with Gasteiger partial charge in [0.15, 0.2) is 11.5 Å². The van der Waals surface area contributed by atoms with Crippen LogP contribution in [0.4, 0.5) is 0 Å². The number of methoxy groups -OCH3 is 2. The number of likely N-dealkylation sites (N-methyl/N-ethyl adjacent to an activating group) is 1. The lowest BCUT2D eigenvalue weighted by Crippen LogP contribution is -2.46. The van der Waals surface area contributed by atoms with E-state index in [1.165, 1.54) is 5.56 Å². The molecule has 1 aromatic rings. The number of rotatable bonds is 3. The number of hydrogen-bond donors (Lipinski definition) is 1. The summed E-state index contributed by atoms with van der Waals surface area (Å²) in [4.78, 5) is 2.42. The van der Waals surface area contributed by atoms with Gasteiger partial charge >= 0.3 is 0 Å². The molecule has 0 radical (unpaired) electrons. The van der Waals surface area contributed by atoms with Gasteiger partial charge in [0.2, 0.25) is 0 Å². The molecular weight excluding hydrogens is 264 g/mol. The first-order valence-electron chi connectivity index (χ1n) is 7.60. The van der Waals surface area contributed by atoms with Crippen LogP contribution in [0.5, 0.6) is 11.5 Å². The standard InChI is InChI=1S/C17H24N2O2/c1-19-9-8-17(7-6-13(18)11-16(17)19)12-4-5-14(20-2)15(10-12)21-3/h4-5,10,16,18H,6-9,11H2,1-3H3. The van der Waals surface area contributed by atoms with E-state index in [0.29, 0.717) is 6.04 Å². The van der Waals surface area contributed by atoms with Gasteiger partial charge in [0.05, 0.1) is 14.2 Å². The Hall–Kier alpha value is -1.55. The van der Waals surface area contributed by atoms with Crippen LogP contribution in [0.3, 0.4) is 0 Å². The van der Waals surface area contributed by atoms with Gasteiger partial charge in [-0.05, 0) is 50.6 Å². The zero-order valence-electron chi connectivity index (χ0n) is 13.1. The van der Waals surface area contributed by atoms with E-state index in [1.54, 1.807) is 14.2 Å². The summed E-state index contributed by atoms with van der Waals surface area (Å²) >= 11 is 0. The van der Waals surface area contributed by atoms with Crippen molar-refractivity contribution in [2.75, 3.05) is 27.8 Å². The molecule has 4 nitrogen and oxygen atoms in total. The smallest absolute Gasteiger partial charge is 0.161 e. The molecule has 0 amide bonds. The maximum Gasteiger partial charge on any atom is 0.161 e.